The molecular weight excluding hydrogens is 631 g/mol. The first kappa shape index (κ1) is 30.6. The van der Waals surface area contributed by atoms with Gasteiger partial charge in [0.2, 0.25) is 0 Å². The molecule has 0 bridgehead atoms. The van der Waals surface area contributed by atoms with E-state index >= 15 is 0 Å². The van der Waals surface area contributed by atoms with Crippen molar-refractivity contribution in [2.24, 2.45) is 0 Å². The zero-order valence-corrected chi connectivity index (χ0v) is 29.3. The van der Waals surface area contributed by atoms with Crippen molar-refractivity contribution in [3.8, 4) is 45.0 Å². The molecule has 248 valence electrons. The molecule has 3 heteroatoms. The molecule has 0 aliphatic heterocycles. The van der Waals surface area contributed by atoms with Crippen LogP contribution in [0.4, 0.5) is 0 Å². The summed E-state index contributed by atoms with van der Waals surface area (Å²) >= 11 is 0. The molecule has 0 saturated carbocycles. The fourth-order valence-corrected chi connectivity index (χ4v) is 8.98. The van der Waals surface area contributed by atoms with Crippen LogP contribution in [0.1, 0.15) is 65.9 Å². The largest absolute Gasteiger partial charge is 0.208 e. The first-order chi connectivity index (χ1) is 25.5. The number of aromatic nitrogens is 3. The first-order valence-corrected chi connectivity index (χ1v) is 18.3. The van der Waals surface area contributed by atoms with Crippen molar-refractivity contribution >= 4 is 5.57 Å². The van der Waals surface area contributed by atoms with Crippen molar-refractivity contribution in [3.63, 3.8) is 0 Å². The van der Waals surface area contributed by atoms with Gasteiger partial charge in [-0.25, -0.2) is 15.0 Å². The summed E-state index contributed by atoms with van der Waals surface area (Å²) in [5, 5.41) is 0. The van der Waals surface area contributed by atoms with Crippen LogP contribution in [0.15, 0.2) is 164 Å². The van der Waals surface area contributed by atoms with Crippen molar-refractivity contribution in [1.29, 1.82) is 0 Å². The van der Waals surface area contributed by atoms with E-state index in [1.807, 2.05) is 18.2 Å². The summed E-state index contributed by atoms with van der Waals surface area (Å²) in [5.41, 5.74) is 15.6. The fourth-order valence-electron chi connectivity index (χ4n) is 8.98. The summed E-state index contributed by atoms with van der Waals surface area (Å²) in [6.45, 7) is 4.76. The van der Waals surface area contributed by atoms with Crippen LogP contribution in [-0.2, 0) is 10.8 Å². The van der Waals surface area contributed by atoms with Gasteiger partial charge in [0.1, 0.15) is 0 Å². The molecule has 7 aromatic rings. The fraction of sp³-hybridized carbons (Fsp3) is 0.122. The SMILES string of the molecule is CC1(C)c2ccccc2C2(c3ccccc3-c3ccccc32)c2cc(-c3ccc(-c4nc(C5=CCCC=C5)nc(-c5ccccc5)n4)cc3)ccc21. The third-order valence-electron chi connectivity index (χ3n) is 11.5. The molecule has 0 N–H and O–H groups in total. The number of hydrogen-bond donors (Lipinski definition) is 0. The third kappa shape index (κ3) is 4.48. The highest BCUT2D eigenvalue weighted by atomic mass is 15.0. The Kier molecular flexibility index (Phi) is 6.88. The first-order valence-electron chi connectivity index (χ1n) is 18.3. The molecule has 0 unspecified atom stereocenters. The summed E-state index contributed by atoms with van der Waals surface area (Å²) in [7, 11) is 0. The molecule has 10 rings (SSSR count). The van der Waals surface area contributed by atoms with Gasteiger partial charge in [0, 0.05) is 22.1 Å². The van der Waals surface area contributed by atoms with E-state index in [1.54, 1.807) is 0 Å². The lowest BCUT2D eigenvalue weighted by molar-refractivity contribution is 0.563. The van der Waals surface area contributed by atoms with Gasteiger partial charge in [0.25, 0.3) is 0 Å². The Morgan fingerprint density at radius 1 is 0.423 bits per heavy atom. The second kappa shape index (κ2) is 11.7. The van der Waals surface area contributed by atoms with Gasteiger partial charge in [0.15, 0.2) is 17.5 Å². The monoisotopic (exact) mass is 667 g/mol. The zero-order valence-electron chi connectivity index (χ0n) is 29.3. The molecule has 0 fully saturated rings. The van der Waals surface area contributed by atoms with Gasteiger partial charge < -0.3 is 0 Å². The summed E-state index contributed by atoms with van der Waals surface area (Å²) in [5.74, 6) is 2.07. The third-order valence-corrected chi connectivity index (χ3v) is 11.5. The molecule has 3 aliphatic carbocycles. The zero-order chi connectivity index (χ0) is 34.9. The maximum Gasteiger partial charge on any atom is 0.164 e. The highest BCUT2D eigenvalue weighted by Crippen LogP contribution is 2.62. The molecule has 1 heterocycles. The minimum absolute atomic E-state index is 0.165. The molecule has 0 atom stereocenters. The summed E-state index contributed by atoms with van der Waals surface area (Å²) in [6.07, 6.45) is 8.58. The Morgan fingerprint density at radius 2 is 0.942 bits per heavy atom. The highest BCUT2D eigenvalue weighted by Gasteiger charge is 2.53. The van der Waals surface area contributed by atoms with E-state index in [0.29, 0.717) is 17.5 Å². The minimum Gasteiger partial charge on any atom is -0.208 e. The van der Waals surface area contributed by atoms with Crippen LogP contribution < -0.4 is 0 Å². The molecule has 52 heavy (non-hydrogen) atoms. The van der Waals surface area contributed by atoms with E-state index in [4.69, 9.17) is 15.0 Å². The molecule has 3 nitrogen and oxygen atoms in total. The number of allylic oxidation sites excluding steroid dienone is 4. The van der Waals surface area contributed by atoms with Crippen molar-refractivity contribution in [2.45, 2.75) is 37.5 Å². The van der Waals surface area contributed by atoms with Gasteiger partial charge >= 0.3 is 0 Å². The van der Waals surface area contributed by atoms with E-state index < -0.39 is 5.41 Å². The van der Waals surface area contributed by atoms with Gasteiger partial charge in [0.05, 0.1) is 5.41 Å². The Labute approximate surface area is 305 Å². The maximum absolute atomic E-state index is 5.00. The van der Waals surface area contributed by atoms with E-state index in [9.17, 15) is 0 Å². The number of benzene rings is 6. The molecule has 0 radical (unpaired) electrons. The molecule has 0 amide bonds. The van der Waals surface area contributed by atoms with Crippen LogP contribution in [0.2, 0.25) is 0 Å². The summed E-state index contributed by atoms with van der Waals surface area (Å²) in [6, 6.07) is 53.2. The number of rotatable bonds is 4. The van der Waals surface area contributed by atoms with Gasteiger partial charge in [-0.2, -0.15) is 0 Å². The number of fused-ring (bicyclic) bond motifs is 9. The van der Waals surface area contributed by atoms with Crippen molar-refractivity contribution in [1.82, 2.24) is 15.0 Å². The second-order valence-electron chi connectivity index (χ2n) is 14.7. The number of hydrogen-bond acceptors (Lipinski definition) is 3. The lowest BCUT2D eigenvalue weighted by Gasteiger charge is -2.46. The molecule has 6 aromatic carbocycles. The molecule has 3 aliphatic rings. The van der Waals surface area contributed by atoms with Gasteiger partial charge in [-0.1, -0.05) is 172 Å². The Hall–Kier alpha value is -6.19. The van der Waals surface area contributed by atoms with E-state index in [0.717, 1.165) is 35.1 Å². The number of nitrogens with zero attached hydrogens (tertiary/aromatic N) is 3. The van der Waals surface area contributed by atoms with Crippen LogP contribution >= 0.6 is 0 Å². The lowest BCUT2D eigenvalue weighted by atomic mass is 9.55. The Morgan fingerprint density at radius 3 is 1.60 bits per heavy atom. The standard InChI is InChI=1S/C49H37N3/c1-48(2)41-23-13-14-24-43(41)49(39-21-11-9-19-37(39)38-20-10-12-22-40(38)49)44-31-36(29-30-42(44)48)32-25-27-35(28-26-32)47-51-45(33-15-5-3-6-16-33)50-46(52-47)34-17-7-4-8-18-34/h3,5-7,9-31H,4,8H2,1-2H3. The normalized spacial score (nSPS) is 15.7. The van der Waals surface area contributed by atoms with Crippen LogP contribution in [0.5, 0.6) is 0 Å². The Bertz CT molecular complexity index is 2550. The predicted molar refractivity (Wildman–Crippen MR) is 212 cm³/mol. The van der Waals surface area contributed by atoms with E-state index in [1.165, 1.54) is 50.1 Å². The average molecular weight is 668 g/mol. The van der Waals surface area contributed by atoms with Crippen LogP contribution in [0.25, 0.3) is 50.6 Å². The smallest absolute Gasteiger partial charge is 0.164 e. The quantitative estimate of drug-likeness (QED) is 0.187. The maximum atomic E-state index is 5.00. The average Bonchev–Trinajstić information content (AvgIpc) is 3.51. The summed E-state index contributed by atoms with van der Waals surface area (Å²) in [4.78, 5) is 14.9. The van der Waals surface area contributed by atoms with Crippen LogP contribution in [0, 0.1) is 0 Å². The molecule has 0 saturated heterocycles. The summed E-state index contributed by atoms with van der Waals surface area (Å²) < 4.78 is 0. The van der Waals surface area contributed by atoms with Gasteiger partial charge in [-0.3, -0.25) is 0 Å². The second-order valence-corrected chi connectivity index (χ2v) is 14.7. The predicted octanol–water partition coefficient (Wildman–Crippen LogP) is 11.6. The van der Waals surface area contributed by atoms with Crippen LogP contribution in [-0.4, -0.2) is 15.0 Å². The highest BCUT2D eigenvalue weighted by molar-refractivity contribution is 5.89. The molecular formula is C49H37N3. The van der Waals surface area contributed by atoms with E-state index in [-0.39, 0.29) is 5.41 Å². The van der Waals surface area contributed by atoms with Gasteiger partial charge in [-0.05, 0) is 74.5 Å². The Balaban J connectivity index is 1.13. The van der Waals surface area contributed by atoms with E-state index in [2.05, 4.69) is 159 Å². The topological polar surface area (TPSA) is 38.7 Å². The molecule has 1 aromatic heterocycles. The molecule has 1 spiro atoms. The van der Waals surface area contributed by atoms with Crippen LogP contribution in [0.3, 0.4) is 0 Å². The van der Waals surface area contributed by atoms with Crippen molar-refractivity contribution in [3.05, 3.63) is 203 Å². The minimum atomic E-state index is -0.415. The van der Waals surface area contributed by atoms with Gasteiger partial charge in [-0.15, -0.1) is 0 Å². The lowest BCUT2D eigenvalue weighted by Crippen LogP contribution is -2.40. The van der Waals surface area contributed by atoms with Crippen molar-refractivity contribution in [2.75, 3.05) is 0 Å². The van der Waals surface area contributed by atoms with Crippen molar-refractivity contribution < 1.29 is 0 Å².